The molecule has 1 aromatic carbocycles. The van der Waals surface area contributed by atoms with Gasteiger partial charge >= 0.3 is 5.97 Å². The SMILES string of the molecule is CCc1oc(C(=O)Nc2ccc(Cl)c(C(=O)NC3CC3)c2)cc1C(=O)O. The smallest absolute Gasteiger partial charge is 0.339 e. The van der Waals surface area contributed by atoms with Crippen LogP contribution in [0.25, 0.3) is 0 Å². The molecule has 0 saturated heterocycles. The Morgan fingerprint density at radius 3 is 2.50 bits per heavy atom. The highest BCUT2D eigenvalue weighted by Crippen LogP contribution is 2.25. The van der Waals surface area contributed by atoms with E-state index in [1.54, 1.807) is 13.0 Å². The van der Waals surface area contributed by atoms with Crippen molar-refractivity contribution in [3.05, 3.63) is 51.9 Å². The van der Waals surface area contributed by atoms with E-state index in [2.05, 4.69) is 10.6 Å². The summed E-state index contributed by atoms with van der Waals surface area (Å²) >= 11 is 6.07. The highest BCUT2D eigenvalue weighted by molar-refractivity contribution is 6.34. The van der Waals surface area contributed by atoms with E-state index in [0.29, 0.717) is 12.1 Å². The van der Waals surface area contributed by atoms with Crippen molar-refractivity contribution < 1.29 is 23.9 Å². The Balaban J connectivity index is 1.79. The van der Waals surface area contributed by atoms with E-state index >= 15 is 0 Å². The zero-order chi connectivity index (χ0) is 18.8. The first-order valence-corrected chi connectivity index (χ1v) is 8.54. The molecule has 3 N–H and O–H groups in total. The zero-order valence-electron chi connectivity index (χ0n) is 14.0. The van der Waals surface area contributed by atoms with Gasteiger partial charge in [0, 0.05) is 24.2 Å². The quantitative estimate of drug-likeness (QED) is 0.716. The predicted octanol–water partition coefficient (Wildman–Crippen LogP) is 3.34. The third-order valence-electron chi connectivity index (χ3n) is 3.97. The van der Waals surface area contributed by atoms with Crippen LogP contribution < -0.4 is 10.6 Å². The van der Waals surface area contributed by atoms with Crippen LogP contribution in [0.2, 0.25) is 5.02 Å². The Morgan fingerprint density at radius 1 is 1.19 bits per heavy atom. The number of hydrogen-bond acceptors (Lipinski definition) is 4. The molecule has 2 amide bonds. The number of rotatable bonds is 6. The van der Waals surface area contributed by atoms with Gasteiger partial charge in [-0.15, -0.1) is 0 Å². The number of hydrogen-bond donors (Lipinski definition) is 3. The minimum atomic E-state index is -1.16. The van der Waals surface area contributed by atoms with Crippen LogP contribution in [0, 0.1) is 0 Å². The number of aromatic carboxylic acids is 1. The topological polar surface area (TPSA) is 109 Å². The molecule has 0 unspecified atom stereocenters. The molecule has 1 aliphatic rings. The Bertz CT molecular complexity index is 886. The number of aryl methyl sites for hydroxylation is 1. The number of anilines is 1. The van der Waals surface area contributed by atoms with Gasteiger partial charge in [-0.25, -0.2) is 4.79 Å². The molecule has 0 radical (unpaired) electrons. The molecule has 2 aromatic rings. The van der Waals surface area contributed by atoms with Crippen LogP contribution in [0.1, 0.15) is 56.8 Å². The lowest BCUT2D eigenvalue weighted by Crippen LogP contribution is -2.25. The summed E-state index contributed by atoms with van der Waals surface area (Å²) < 4.78 is 5.32. The maximum absolute atomic E-state index is 12.3. The van der Waals surface area contributed by atoms with Gasteiger partial charge in [0.2, 0.25) is 0 Å². The van der Waals surface area contributed by atoms with Crippen LogP contribution >= 0.6 is 11.6 Å². The van der Waals surface area contributed by atoms with Crippen LogP contribution in [0.15, 0.2) is 28.7 Å². The molecule has 26 heavy (non-hydrogen) atoms. The molecule has 1 aromatic heterocycles. The lowest BCUT2D eigenvalue weighted by Gasteiger charge is -2.09. The molecule has 0 aliphatic heterocycles. The fourth-order valence-corrected chi connectivity index (χ4v) is 2.65. The summed E-state index contributed by atoms with van der Waals surface area (Å²) in [4.78, 5) is 35.7. The fraction of sp³-hybridized carbons (Fsp3) is 0.278. The molecule has 1 aliphatic carbocycles. The van der Waals surface area contributed by atoms with Crippen molar-refractivity contribution >= 4 is 35.1 Å². The Morgan fingerprint density at radius 2 is 1.92 bits per heavy atom. The summed E-state index contributed by atoms with van der Waals surface area (Å²) in [6.45, 7) is 1.73. The van der Waals surface area contributed by atoms with E-state index in [-0.39, 0.29) is 39.6 Å². The number of halogens is 1. The van der Waals surface area contributed by atoms with Gasteiger partial charge in [0.1, 0.15) is 11.3 Å². The standard InChI is InChI=1S/C18H17ClN2O5/c1-2-14-12(18(24)25)8-15(26-14)17(23)21-10-5-6-13(19)11(7-10)16(22)20-9-3-4-9/h5-9H,2-4H2,1H3,(H,20,22)(H,21,23)(H,24,25). The second kappa shape index (κ2) is 7.21. The number of nitrogens with one attached hydrogen (secondary N) is 2. The number of amides is 2. The average Bonchev–Trinajstić information content (AvgIpc) is 3.30. The molecular weight excluding hydrogens is 360 g/mol. The molecule has 1 fully saturated rings. The Labute approximate surface area is 154 Å². The molecule has 1 saturated carbocycles. The first-order chi connectivity index (χ1) is 12.4. The van der Waals surface area contributed by atoms with Gasteiger partial charge in [0.25, 0.3) is 11.8 Å². The van der Waals surface area contributed by atoms with Gasteiger partial charge in [-0.2, -0.15) is 0 Å². The number of carboxylic acids is 1. The second-order valence-electron chi connectivity index (χ2n) is 6.00. The highest BCUT2D eigenvalue weighted by atomic mass is 35.5. The van der Waals surface area contributed by atoms with E-state index in [1.165, 1.54) is 18.2 Å². The van der Waals surface area contributed by atoms with Gasteiger partial charge in [-0.05, 0) is 31.0 Å². The van der Waals surface area contributed by atoms with Crippen molar-refractivity contribution in [3.63, 3.8) is 0 Å². The molecular formula is C18H17ClN2O5. The van der Waals surface area contributed by atoms with E-state index in [4.69, 9.17) is 21.1 Å². The molecule has 0 atom stereocenters. The van der Waals surface area contributed by atoms with Crippen molar-refractivity contribution in [3.8, 4) is 0 Å². The lowest BCUT2D eigenvalue weighted by molar-refractivity contribution is 0.0694. The minimum Gasteiger partial charge on any atom is -0.478 e. The van der Waals surface area contributed by atoms with Gasteiger partial charge < -0.3 is 20.2 Å². The maximum Gasteiger partial charge on any atom is 0.339 e. The average molecular weight is 377 g/mol. The van der Waals surface area contributed by atoms with E-state index in [9.17, 15) is 14.4 Å². The fourth-order valence-electron chi connectivity index (χ4n) is 2.44. The van der Waals surface area contributed by atoms with Crippen LogP contribution in [-0.2, 0) is 6.42 Å². The molecule has 0 bridgehead atoms. The Hall–Kier alpha value is -2.80. The van der Waals surface area contributed by atoms with Crippen LogP contribution in [0.4, 0.5) is 5.69 Å². The van der Waals surface area contributed by atoms with E-state index in [1.807, 2.05) is 0 Å². The van der Waals surface area contributed by atoms with Crippen molar-refractivity contribution in [1.82, 2.24) is 5.32 Å². The van der Waals surface area contributed by atoms with Crippen molar-refractivity contribution in [2.75, 3.05) is 5.32 Å². The summed E-state index contributed by atoms with van der Waals surface area (Å²) in [5.41, 5.74) is 0.571. The van der Waals surface area contributed by atoms with E-state index < -0.39 is 11.9 Å². The van der Waals surface area contributed by atoms with Crippen molar-refractivity contribution in [1.29, 1.82) is 0 Å². The Kier molecular flexibility index (Phi) is 4.99. The number of carboxylic acid groups (broad SMARTS) is 1. The predicted molar refractivity (Wildman–Crippen MR) is 94.9 cm³/mol. The summed E-state index contributed by atoms with van der Waals surface area (Å²) in [6, 6.07) is 5.91. The number of carbonyl (C=O) groups excluding carboxylic acids is 2. The molecule has 3 rings (SSSR count). The monoisotopic (exact) mass is 376 g/mol. The molecule has 7 nitrogen and oxygen atoms in total. The van der Waals surface area contributed by atoms with Crippen molar-refractivity contribution in [2.24, 2.45) is 0 Å². The number of furan rings is 1. The van der Waals surface area contributed by atoms with E-state index in [0.717, 1.165) is 12.8 Å². The summed E-state index contributed by atoms with van der Waals surface area (Å²) in [5.74, 6) is -1.95. The second-order valence-corrected chi connectivity index (χ2v) is 6.41. The largest absolute Gasteiger partial charge is 0.478 e. The van der Waals surface area contributed by atoms with Crippen LogP contribution in [0.5, 0.6) is 0 Å². The molecule has 0 spiro atoms. The van der Waals surface area contributed by atoms with Crippen LogP contribution in [-0.4, -0.2) is 28.9 Å². The normalized spacial score (nSPS) is 13.3. The molecule has 1 heterocycles. The number of benzene rings is 1. The van der Waals surface area contributed by atoms with Crippen molar-refractivity contribution in [2.45, 2.75) is 32.2 Å². The van der Waals surface area contributed by atoms with Gasteiger partial charge in [-0.1, -0.05) is 18.5 Å². The third kappa shape index (κ3) is 3.88. The maximum atomic E-state index is 12.3. The number of carbonyl (C=O) groups is 3. The zero-order valence-corrected chi connectivity index (χ0v) is 14.7. The van der Waals surface area contributed by atoms with Crippen LogP contribution in [0.3, 0.4) is 0 Å². The van der Waals surface area contributed by atoms with Gasteiger partial charge in [-0.3, -0.25) is 9.59 Å². The summed E-state index contributed by atoms with van der Waals surface area (Å²) in [6.07, 6.45) is 2.25. The minimum absolute atomic E-state index is 0.0433. The van der Waals surface area contributed by atoms with Gasteiger partial charge in [0.15, 0.2) is 5.76 Å². The third-order valence-corrected chi connectivity index (χ3v) is 4.30. The molecule has 8 heteroatoms. The lowest BCUT2D eigenvalue weighted by atomic mass is 10.1. The first-order valence-electron chi connectivity index (χ1n) is 8.16. The van der Waals surface area contributed by atoms with Gasteiger partial charge in [0.05, 0.1) is 10.6 Å². The highest BCUT2D eigenvalue weighted by Gasteiger charge is 2.25. The summed E-state index contributed by atoms with van der Waals surface area (Å²) in [7, 11) is 0. The first kappa shape index (κ1) is 18.0. The summed E-state index contributed by atoms with van der Waals surface area (Å²) in [5, 5.41) is 14.8. The molecule has 136 valence electrons.